The molecule has 0 saturated carbocycles. The molecule has 1 aliphatic rings. The summed E-state index contributed by atoms with van der Waals surface area (Å²) < 4.78 is 17.6. The van der Waals surface area contributed by atoms with Gasteiger partial charge in [0.05, 0.1) is 11.9 Å². The van der Waals surface area contributed by atoms with Crippen molar-refractivity contribution in [2.45, 2.75) is 11.1 Å². The fourth-order valence-electron chi connectivity index (χ4n) is 2.89. The first kappa shape index (κ1) is 18.3. The highest BCUT2D eigenvalue weighted by molar-refractivity contribution is 7.90. The minimum absolute atomic E-state index is 0.288. The van der Waals surface area contributed by atoms with Crippen molar-refractivity contribution < 1.29 is 9.29 Å². The van der Waals surface area contributed by atoms with E-state index in [-0.39, 0.29) is 5.82 Å². The maximum Gasteiger partial charge on any atom is 0.240 e. The number of benzene rings is 2. The molecule has 0 radical (unpaired) electrons. The number of hydrogen-bond donors (Lipinski definition) is 1. The summed E-state index contributed by atoms with van der Waals surface area (Å²) in [6.07, 6.45) is 2.70. The van der Waals surface area contributed by atoms with Gasteiger partial charge in [0.15, 0.2) is 10.7 Å². The zero-order chi connectivity index (χ0) is 19.7. The number of nitrogens with zero attached hydrogens (tertiary/aromatic N) is 4. The molecule has 3 aromatic rings. The lowest BCUT2D eigenvalue weighted by Crippen LogP contribution is -2.19. The fraction of sp³-hybridized carbons (Fsp3) is 0.150. The van der Waals surface area contributed by atoms with Crippen molar-refractivity contribution in [3.63, 3.8) is 0 Å². The van der Waals surface area contributed by atoms with Crippen LogP contribution in [-0.4, -0.2) is 38.7 Å². The van der Waals surface area contributed by atoms with E-state index in [4.69, 9.17) is 10.5 Å². The highest BCUT2D eigenvalue weighted by Crippen LogP contribution is 2.31. The molecule has 2 unspecified atom stereocenters. The van der Waals surface area contributed by atoms with Gasteiger partial charge in [0.1, 0.15) is 11.9 Å². The van der Waals surface area contributed by atoms with E-state index in [0.29, 0.717) is 17.3 Å². The van der Waals surface area contributed by atoms with Crippen molar-refractivity contribution in [3.05, 3.63) is 72.1 Å². The van der Waals surface area contributed by atoms with Gasteiger partial charge in [0.2, 0.25) is 12.1 Å². The second-order valence-electron chi connectivity index (χ2n) is 6.32. The molecule has 1 aromatic heterocycles. The zero-order valence-electron chi connectivity index (χ0n) is 15.4. The van der Waals surface area contributed by atoms with Gasteiger partial charge in [-0.05, 0) is 47.6 Å². The number of ether oxygens (including phenoxy) is 1. The molecule has 28 heavy (non-hydrogen) atoms. The van der Waals surface area contributed by atoms with Crippen molar-refractivity contribution in [3.8, 4) is 11.3 Å². The Morgan fingerprint density at radius 2 is 1.79 bits per heavy atom. The third-order valence-electron chi connectivity index (χ3n) is 4.38. The zero-order valence-corrected chi connectivity index (χ0v) is 16.3. The monoisotopic (exact) mass is 393 g/mol. The fourth-order valence-corrected chi connectivity index (χ4v) is 3.41. The summed E-state index contributed by atoms with van der Waals surface area (Å²) in [5, 5.41) is 6.14. The topological polar surface area (TPSA) is 99.7 Å². The van der Waals surface area contributed by atoms with E-state index >= 15 is 0 Å². The van der Waals surface area contributed by atoms with Crippen LogP contribution >= 0.6 is 0 Å². The Bertz CT molecular complexity index is 1010. The quantitative estimate of drug-likeness (QED) is 0.684. The molecule has 2 heterocycles. The second kappa shape index (κ2) is 7.49. The Morgan fingerprint density at radius 1 is 1.07 bits per heavy atom. The molecular formula is C20H19N5O2S. The number of hydrazone groups is 1. The molecule has 0 aliphatic carbocycles. The van der Waals surface area contributed by atoms with E-state index in [1.807, 2.05) is 54.6 Å². The average molecular weight is 393 g/mol. The van der Waals surface area contributed by atoms with Gasteiger partial charge in [0.25, 0.3) is 0 Å². The molecule has 4 rings (SSSR count). The lowest BCUT2D eigenvalue weighted by Gasteiger charge is -2.19. The van der Waals surface area contributed by atoms with E-state index in [1.54, 1.807) is 24.5 Å². The summed E-state index contributed by atoms with van der Waals surface area (Å²) in [5.74, 6) is 0.797. The number of nitrogen functional groups attached to an aromatic ring is 1. The summed E-state index contributed by atoms with van der Waals surface area (Å²) in [6, 6.07) is 17.0. The van der Waals surface area contributed by atoms with Gasteiger partial charge >= 0.3 is 0 Å². The summed E-state index contributed by atoms with van der Waals surface area (Å²) in [6.45, 7) is 0. The van der Waals surface area contributed by atoms with Crippen LogP contribution in [0.4, 0.5) is 5.82 Å². The van der Waals surface area contributed by atoms with Gasteiger partial charge in [-0.25, -0.2) is 9.97 Å². The molecule has 7 nitrogen and oxygen atoms in total. The third kappa shape index (κ3) is 3.51. The molecule has 2 atom stereocenters. The summed E-state index contributed by atoms with van der Waals surface area (Å²) in [7, 11) is 1.81. The SMILES string of the molecule is CN1N=C(c2ccccc2)OC1c1nc(-c2ccc([S+](C)[O-])cc2)cnc1N. The molecular weight excluding hydrogens is 374 g/mol. The van der Waals surface area contributed by atoms with Crippen molar-refractivity contribution >= 4 is 22.9 Å². The summed E-state index contributed by atoms with van der Waals surface area (Å²) >= 11 is -1.03. The van der Waals surface area contributed by atoms with Crippen LogP contribution in [0.25, 0.3) is 11.3 Å². The normalized spacial score (nSPS) is 17.2. The molecule has 0 saturated heterocycles. The first-order chi connectivity index (χ1) is 13.5. The number of rotatable bonds is 4. The molecule has 142 valence electrons. The molecule has 0 spiro atoms. The van der Waals surface area contributed by atoms with E-state index < -0.39 is 17.4 Å². The van der Waals surface area contributed by atoms with Gasteiger partial charge in [-0.2, -0.15) is 0 Å². The van der Waals surface area contributed by atoms with Gasteiger partial charge in [-0.3, -0.25) is 5.01 Å². The lowest BCUT2D eigenvalue weighted by molar-refractivity contribution is 0.0744. The van der Waals surface area contributed by atoms with Crippen LogP contribution in [0.3, 0.4) is 0 Å². The van der Waals surface area contributed by atoms with Crippen LogP contribution in [0.5, 0.6) is 0 Å². The second-order valence-corrected chi connectivity index (χ2v) is 7.70. The van der Waals surface area contributed by atoms with Gasteiger partial charge in [-0.1, -0.05) is 18.2 Å². The molecule has 0 amide bonds. The highest BCUT2D eigenvalue weighted by atomic mass is 32.2. The van der Waals surface area contributed by atoms with Crippen LogP contribution in [-0.2, 0) is 15.9 Å². The van der Waals surface area contributed by atoms with Crippen molar-refractivity contribution in [2.24, 2.45) is 5.10 Å². The minimum atomic E-state index is -1.03. The lowest BCUT2D eigenvalue weighted by atomic mass is 10.1. The Kier molecular flexibility index (Phi) is 4.89. The number of nitrogens with two attached hydrogens (primary N) is 1. The van der Waals surface area contributed by atoms with E-state index in [2.05, 4.69) is 15.1 Å². The van der Waals surface area contributed by atoms with Crippen LogP contribution in [0, 0.1) is 0 Å². The minimum Gasteiger partial charge on any atom is -0.612 e. The van der Waals surface area contributed by atoms with E-state index in [1.165, 1.54) is 0 Å². The molecule has 0 fully saturated rings. The van der Waals surface area contributed by atoms with E-state index in [0.717, 1.165) is 16.0 Å². The standard InChI is InChI=1S/C20H19N5O2S/c1-25-20(27-19(24-25)14-6-4-3-5-7-14)17-18(21)22-12-16(23-17)13-8-10-15(11-9-13)28(2)26/h3-12,20H,1-2H3,(H2,21,22). The van der Waals surface area contributed by atoms with Crippen LogP contribution in [0.15, 0.2) is 70.8 Å². The maximum atomic E-state index is 11.6. The smallest absolute Gasteiger partial charge is 0.240 e. The maximum absolute atomic E-state index is 11.6. The molecule has 1 aliphatic heterocycles. The predicted octanol–water partition coefficient (Wildman–Crippen LogP) is 2.79. The van der Waals surface area contributed by atoms with E-state index in [9.17, 15) is 4.55 Å². The number of anilines is 1. The van der Waals surface area contributed by atoms with Crippen molar-refractivity contribution in [1.82, 2.24) is 15.0 Å². The summed E-state index contributed by atoms with van der Waals surface area (Å²) in [5.41, 5.74) is 8.97. The predicted molar refractivity (Wildman–Crippen MR) is 109 cm³/mol. The van der Waals surface area contributed by atoms with Crippen molar-refractivity contribution in [2.75, 3.05) is 19.0 Å². The average Bonchev–Trinajstić information content (AvgIpc) is 3.10. The van der Waals surface area contributed by atoms with Crippen LogP contribution < -0.4 is 5.73 Å². The Labute approximate surface area is 166 Å². The first-order valence-electron chi connectivity index (χ1n) is 8.62. The molecule has 2 N–H and O–H groups in total. The first-order valence-corrected chi connectivity index (χ1v) is 10.2. The van der Waals surface area contributed by atoms with Gasteiger partial charge in [-0.15, -0.1) is 5.10 Å². The molecule has 0 bridgehead atoms. The van der Waals surface area contributed by atoms with Gasteiger partial charge in [0, 0.05) is 18.2 Å². The summed E-state index contributed by atoms with van der Waals surface area (Å²) in [4.78, 5) is 9.72. The largest absolute Gasteiger partial charge is 0.612 e. The molecule has 2 aromatic carbocycles. The van der Waals surface area contributed by atoms with Crippen LogP contribution in [0.2, 0.25) is 0 Å². The Hall–Kier alpha value is -3.10. The number of aromatic nitrogens is 2. The van der Waals surface area contributed by atoms with Crippen molar-refractivity contribution in [1.29, 1.82) is 0 Å². The third-order valence-corrected chi connectivity index (χ3v) is 5.31. The number of hydrogen-bond acceptors (Lipinski definition) is 7. The van der Waals surface area contributed by atoms with Gasteiger partial charge < -0.3 is 15.0 Å². The highest BCUT2D eigenvalue weighted by Gasteiger charge is 2.31. The Morgan fingerprint density at radius 3 is 2.46 bits per heavy atom. The molecule has 8 heteroatoms. The van der Waals surface area contributed by atoms with Crippen LogP contribution in [0.1, 0.15) is 17.5 Å². The Balaban J connectivity index is 1.63.